The number of anilines is 1. The van der Waals surface area contributed by atoms with Crippen LogP contribution in [0.2, 0.25) is 0 Å². The minimum absolute atomic E-state index is 0.188. The van der Waals surface area contributed by atoms with E-state index in [0.717, 1.165) is 5.56 Å². The van der Waals surface area contributed by atoms with E-state index in [4.69, 9.17) is 9.36 Å². The van der Waals surface area contributed by atoms with Gasteiger partial charge in [-0.05, 0) is 24.0 Å². The number of nitrogens with zero attached hydrogens (tertiary/aromatic N) is 2. The Bertz CT molecular complexity index is 645. The fourth-order valence-electron chi connectivity index (χ4n) is 1.77. The molecule has 116 valence electrons. The molecule has 1 amide bonds. The third-order valence-corrected chi connectivity index (χ3v) is 2.97. The second-order valence-corrected chi connectivity index (χ2v) is 5.20. The number of aryl methyl sites for hydroxylation is 1. The summed E-state index contributed by atoms with van der Waals surface area (Å²) in [5.74, 6) is 1.13. The SMILES string of the molecule is Cc1cc(NC(=O)CO/N=C/c2ccc(C(C)C)cc2)no1. The molecule has 1 aromatic heterocycles. The molecule has 0 spiro atoms. The zero-order chi connectivity index (χ0) is 15.9. The molecule has 0 unspecified atom stereocenters. The van der Waals surface area contributed by atoms with Crippen LogP contribution < -0.4 is 5.32 Å². The standard InChI is InChI=1S/C16H19N3O3/c1-11(2)14-6-4-13(5-7-14)9-17-21-10-16(20)18-15-8-12(3)22-19-15/h4-9,11H,10H2,1-3H3,(H,18,19,20)/b17-9+. The van der Waals surface area contributed by atoms with Gasteiger partial charge in [0.2, 0.25) is 0 Å². The van der Waals surface area contributed by atoms with E-state index < -0.39 is 0 Å². The van der Waals surface area contributed by atoms with Gasteiger partial charge in [-0.15, -0.1) is 0 Å². The number of benzene rings is 1. The summed E-state index contributed by atoms with van der Waals surface area (Å²) in [5.41, 5.74) is 2.18. The van der Waals surface area contributed by atoms with Gasteiger partial charge in [-0.25, -0.2) is 0 Å². The van der Waals surface area contributed by atoms with Gasteiger partial charge in [-0.3, -0.25) is 4.79 Å². The van der Waals surface area contributed by atoms with Crippen LogP contribution in [-0.2, 0) is 9.63 Å². The van der Waals surface area contributed by atoms with E-state index in [1.54, 1.807) is 19.2 Å². The second kappa shape index (κ2) is 7.40. The van der Waals surface area contributed by atoms with Crippen LogP contribution in [-0.4, -0.2) is 23.9 Å². The molecule has 22 heavy (non-hydrogen) atoms. The largest absolute Gasteiger partial charge is 0.386 e. The van der Waals surface area contributed by atoms with E-state index >= 15 is 0 Å². The summed E-state index contributed by atoms with van der Waals surface area (Å²) in [6.07, 6.45) is 1.57. The molecule has 0 saturated heterocycles. The minimum Gasteiger partial charge on any atom is -0.386 e. The number of carbonyl (C=O) groups is 1. The number of oxime groups is 1. The van der Waals surface area contributed by atoms with Crippen LogP contribution in [0.3, 0.4) is 0 Å². The number of amides is 1. The van der Waals surface area contributed by atoms with Gasteiger partial charge in [0, 0.05) is 6.07 Å². The number of nitrogens with one attached hydrogen (secondary N) is 1. The van der Waals surface area contributed by atoms with E-state index in [0.29, 0.717) is 17.5 Å². The molecule has 1 heterocycles. The van der Waals surface area contributed by atoms with Crippen molar-refractivity contribution in [1.82, 2.24) is 5.16 Å². The Labute approximate surface area is 129 Å². The first-order valence-electron chi connectivity index (χ1n) is 7.03. The lowest BCUT2D eigenvalue weighted by Gasteiger charge is -2.04. The molecule has 0 aliphatic carbocycles. The monoisotopic (exact) mass is 301 g/mol. The average Bonchev–Trinajstić information content (AvgIpc) is 2.89. The maximum atomic E-state index is 11.6. The number of carbonyl (C=O) groups excluding carboxylic acids is 1. The molecule has 2 aromatic rings. The highest BCUT2D eigenvalue weighted by molar-refractivity contribution is 5.90. The van der Waals surface area contributed by atoms with Crippen molar-refractivity contribution in [3.05, 3.63) is 47.2 Å². The molecule has 0 radical (unpaired) electrons. The van der Waals surface area contributed by atoms with Crippen LogP contribution in [0, 0.1) is 6.92 Å². The molecular weight excluding hydrogens is 282 g/mol. The molecule has 6 heteroatoms. The molecule has 0 aliphatic heterocycles. The van der Waals surface area contributed by atoms with Crippen molar-refractivity contribution in [2.75, 3.05) is 11.9 Å². The van der Waals surface area contributed by atoms with Crippen LogP contribution in [0.5, 0.6) is 0 Å². The van der Waals surface area contributed by atoms with E-state index in [-0.39, 0.29) is 12.5 Å². The number of rotatable bonds is 6. The molecule has 1 aromatic carbocycles. The highest BCUT2D eigenvalue weighted by atomic mass is 16.6. The van der Waals surface area contributed by atoms with Crippen molar-refractivity contribution in [3.8, 4) is 0 Å². The summed E-state index contributed by atoms with van der Waals surface area (Å²) in [6.45, 7) is 5.84. The molecule has 0 aliphatic rings. The highest BCUT2D eigenvalue weighted by Gasteiger charge is 2.06. The maximum Gasteiger partial charge on any atom is 0.266 e. The van der Waals surface area contributed by atoms with Gasteiger partial charge in [0.1, 0.15) is 5.76 Å². The molecule has 1 N–H and O–H groups in total. The number of aromatic nitrogens is 1. The molecule has 0 saturated carbocycles. The molecule has 0 atom stereocenters. The first-order valence-corrected chi connectivity index (χ1v) is 7.03. The summed E-state index contributed by atoms with van der Waals surface area (Å²) in [7, 11) is 0. The van der Waals surface area contributed by atoms with E-state index in [1.807, 2.05) is 24.3 Å². The minimum atomic E-state index is -0.347. The molecule has 0 fully saturated rings. The third kappa shape index (κ3) is 4.73. The average molecular weight is 301 g/mol. The zero-order valence-corrected chi connectivity index (χ0v) is 12.9. The maximum absolute atomic E-state index is 11.6. The molecule has 0 bridgehead atoms. The lowest BCUT2D eigenvalue weighted by Crippen LogP contribution is -2.17. The van der Waals surface area contributed by atoms with Gasteiger partial charge in [-0.2, -0.15) is 0 Å². The Morgan fingerprint density at radius 3 is 2.73 bits per heavy atom. The van der Waals surface area contributed by atoms with E-state index in [9.17, 15) is 4.79 Å². The smallest absolute Gasteiger partial charge is 0.266 e. The van der Waals surface area contributed by atoms with Crippen LogP contribution in [0.15, 0.2) is 40.0 Å². The summed E-state index contributed by atoms with van der Waals surface area (Å²) in [6, 6.07) is 9.63. The quantitative estimate of drug-likeness (QED) is 0.657. The number of hydrogen-bond acceptors (Lipinski definition) is 5. The Balaban J connectivity index is 1.76. The van der Waals surface area contributed by atoms with E-state index in [1.165, 1.54) is 5.56 Å². The lowest BCUT2D eigenvalue weighted by atomic mass is 10.0. The van der Waals surface area contributed by atoms with Crippen molar-refractivity contribution in [2.24, 2.45) is 5.16 Å². The molecular formula is C16H19N3O3. The van der Waals surface area contributed by atoms with Crippen molar-refractivity contribution in [2.45, 2.75) is 26.7 Å². The topological polar surface area (TPSA) is 76.7 Å². The first kappa shape index (κ1) is 15.8. The van der Waals surface area contributed by atoms with Gasteiger partial charge in [0.05, 0.1) is 6.21 Å². The van der Waals surface area contributed by atoms with Gasteiger partial charge in [0.15, 0.2) is 12.4 Å². The Morgan fingerprint density at radius 2 is 2.14 bits per heavy atom. The molecule has 6 nitrogen and oxygen atoms in total. The summed E-state index contributed by atoms with van der Waals surface area (Å²) in [4.78, 5) is 16.5. The Morgan fingerprint density at radius 1 is 1.41 bits per heavy atom. The first-order chi connectivity index (χ1) is 10.5. The van der Waals surface area contributed by atoms with Crippen LogP contribution in [0.1, 0.15) is 36.7 Å². The van der Waals surface area contributed by atoms with Gasteiger partial charge < -0.3 is 14.7 Å². The van der Waals surface area contributed by atoms with Crippen molar-refractivity contribution in [3.63, 3.8) is 0 Å². The Hall–Kier alpha value is -2.63. The second-order valence-electron chi connectivity index (χ2n) is 5.20. The fraction of sp³-hybridized carbons (Fsp3) is 0.312. The van der Waals surface area contributed by atoms with Gasteiger partial charge in [-0.1, -0.05) is 48.4 Å². The Kier molecular flexibility index (Phi) is 5.30. The third-order valence-electron chi connectivity index (χ3n) is 2.97. The summed E-state index contributed by atoms with van der Waals surface area (Å²) in [5, 5.41) is 9.96. The fourth-order valence-corrected chi connectivity index (χ4v) is 1.77. The van der Waals surface area contributed by atoms with E-state index in [2.05, 4.69) is 29.5 Å². The van der Waals surface area contributed by atoms with Crippen molar-refractivity contribution < 1.29 is 14.2 Å². The van der Waals surface area contributed by atoms with Gasteiger partial charge >= 0.3 is 0 Å². The summed E-state index contributed by atoms with van der Waals surface area (Å²) < 4.78 is 4.84. The normalized spacial score (nSPS) is 11.1. The van der Waals surface area contributed by atoms with Crippen molar-refractivity contribution >= 4 is 17.9 Å². The lowest BCUT2D eigenvalue weighted by molar-refractivity contribution is -0.120. The van der Waals surface area contributed by atoms with Crippen LogP contribution in [0.4, 0.5) is 5.82 Å². The number of hydrogen-bond donors (Lipinski definition) is 1. The highest BCUT2D eigenvalue weighted by Crippen LogP contribution is 2.13. The van der Waals surface area contributed by atoms with Gasteiger partial charge in [0.25, 0.3) is 5.91 Å². The van der Waals surface area contributed by atoms with Crippen molar-refractivity contribution in [1.29, 1.82) is 0 Å². The van der Waals surface area contributed by atoms with Crippen LogP contribution in [0.25, 0.3) is 0 Å². The predicted molar refractivity (Wildman–Crippen MR) is 83.9 cm³/mol. The molecule has 2 rings (SSSR count). The zero-order valence-electron chi connectivity index (χ0n) is 12.9. The predicted octanol–water partition coefficient (Wildman–Crippen LogP) is 3.10. The summed E-state index contributed by atoms with van der Waals surface area (Å²) >= 11 is 0. The van der Waals surface area contributed by atoms with Crippen LogP contribution >= 0.6 is 0 Å².